The molecule has 1 aromatic heterocycles. The number of aliphatic hydroxyl groups is 1. The number of amides is 1. The first-order valence-corrected chi connectivity index (χ1v) is 12.9. The maximum absolute atomic E-state index is 15.8. The number of rotatable bonds is 9. The van der Waals surface area contributed by atoms with Crippen molar-refractivity contribution < 1.29 is 23.8 Å². The van der Waals surface area contributed by atoms with Gasteiger partial charge in [-0.3, -0.25) is 14.7 Å². The number of nitrogens with zero attached hydrogens (tertiary/aromatic N) is 2. The van der Waals surface area contributed by atoms with Crippen LogP contribution in [0.4, 0.5) is 4.39 Å². The van der Waals surface area contributed by atoms with Crippen molar-refractivity contribution in [1.29, 1.82) is 0 Å². The molecule has 2 aliphatic rings. The zero-order chi connectivity index (χ0) is 25.5. The monoisotopic (exact) mass is 594 g/mol. The Hall–Kier alpha value is -2.07. The average Bonchev–Trinajstić information content (AvgIpc) is 3.59. The lowest BCUT2D eigenvalue weighted by molar-refractivity contribution is -0.151. The summed E-state index contributed by atoms with van der Waals surface area (Å²) in [6, 6.07) is 13.1. The molecule has 6 nitrogen and oxygen atoms in total. The SMILES string of the molecule is O=C1c2cc(Br)cc(F)c2C(OCC2(OCCO)CC2)(c2ccc(Cl)cc2)N1Cc1ccc(Cl)cn1. The lowest BCUT2D eigenvalue weighted by Gasteiger charge is -2.40. The molecule has 1 aliphatic heterocycles. The second-order valence-corrected chi connectivity index (χ2v) is 10.7. The quantitative estimate of drug-likeness (QED) is 0.343. The number of aromatic nitrogens is 1. The molecular weight excluding hydrogens is 574 g/mol. The Morgan fingerprint density at radius 3 is 2.44 bits per heavy atom. The molecule has 3 aromatic rings. The van der Waals surface area contributed by atoms with Crippen LogP contribution in [0.15, 0.2) is 59.2 Å². The van der Waals surface area contributed by atoms with E-state index in [0.29, 0.717) is 25.8 Å². The molecule has 188 valence electrons. The van der Waals surface area contributed by atoms with Crippen molar-refractivity contribution in [2.75, 3.05) is 19.8 Å². The number of ether oxygens (including phenoxy) is 2. The topological polar surface area (TPSA) is 71.9 Å². The van der Waals surface area contributed by atoms with Crippen LogP contribution in [-0.4, -0.2) is 46.3 Å². The Morgan fingerprint density at radius 1 is 1.08 bits per heavy atom. The number of halogens is 4. The summed E-state index contributed by atoms with van der Waals surface area (Å²) in [7, 11) is 0. The Morgan fingerprint density at radius 2 is 1.81 bits per heavy atom. The molecule has 1 amide bonds. The zero-order valence-corrected chi connectivity index (χ0v) is 22.1. The average molecular weight is 596 g/mol. The summed E-state index contributed by atoms with van der Waals surface area (Å²) in [5, 5.41) is 10.2. The van der Waals surface area contributed by atoms with E-state index in [1.54, 1.807) is 42.5 Å². The molecule has 1 fully saturated rings. The third-order valence-corrected chi connectivity index (χ3v) is 7.38. The van der Waals surface area contributed by atoms with Crippen molar-refractivity contribution in [1.82, 2.24) is 9.88 Å². The lowest BCUT2D eigenvalue weighted by atomic mass is 9.92. The van der Waals surface area contributed by atoms with Crippen LogP contribution in [0.5, 0.6) is 0 Å². The maximum atomic E-state index is 15.8. The molecule has 1 atom stereocenters. The second kappa shape index (κ2) is 10.0. The van der Waals surface area contributed by atoms with Crippen LogP contribution >= 0.6 is 39.1 Å². The van der Waals surface area contributed by atoms with Gasteiger partial charge in [0.1, 0.15) is 5.82 Å². The van der Waals surface area contributed by atoms with Gasteiger partial charge in [-0.05, 0) is 49.2 Å². The van der Waals surface area contributed by atoms with E-state index >= 15 is 4.39 Å². The predicted octanol–water partition coefficient (Wildman–Crippen LogP) is 5.71. The van der Waals surface area contributed by atoms with E-state index in [1.807, 2.05) is 0 Å². The fourth-order valence-corrected chi connectivity index (χ4v) is 5.20. The molecule has 5 rings (SSSR count). The molecule has 0 bridgehead atoms. The van der Waals surface area contributed by atoms with E-state index < -0.39 is 23.1 Å². The molecule has 1 aliphatic carbocycles. The lowest BCUT2D eigenvalue weighted by Crippen LogP contribution is -2.48. The van der Waals surface area contributed by atoms with Gasteiger partial charge in [0.15, 0.2) is 5.72 Å². The number of fused-ring (bicyclic) bond motifs is 1. The van der Waals surface area contributed by atoms with Crippen molar-refractivity contribution in [3.8, 4) is 0 Å². The molecule has 0 radical (unpaired) electrons. The van der Waals surface area contributed by atoms with Gasteiger partial charge >= 0.3 is 0 Å². The highest BCUT2D eigenvalue weighted by Crippen LogP contribution is 2.50. The van der Waals surface area contributed by atoms with Gasteiger partial charge in [0.05, 0.1) is 53.8 Å². The largest absolute Gasteiger partial charge is 0.394 e. The van der Waals surface area contributed by atoms with Gasteiger partial charge in [-0.15, -0.1) is 0 Å². The van der Waals surface area contributed by atoms with E-state index in [2.05, 4.69) is 20.9 Å². The summed E-state index contributed by atoms with van der Waals surface area (Å²) >= 11 is 15.5. The third-order valence-electron chi connectivity index (χ3n) is 6.45. The molecule has 2 aromatic carbocycles. The van der Waals surface area contributed by atoms with Crippen LogP contribution in [0.3, 0.4) is 0 Å². The van der Waals surface area contributed by atoms with Gasteiger partial charge in [0, 0.05) is 21.3 Å². The van der Waals surface area contributed by atoms with Gasteiger partial charge in [-0.2, -0.15) is 0 Å². The number of aliphatic hydroxyl groups excluding tert-OH is 1. The summed E-state index contributed by atoms with van der Waals surface area (Å²) in [6.07, 6.45) is 2.95. The van der Waals surface area contributed by atoms with Crippen molar-refractivity contribution in [2.45, 2.75) is 30.7 Å². The van der Waals surface area contributed by atoms with E-state index in [-0.39, 0.29) is 37.5 Å². The van der Waals surface area contributed by atoms with Gasteiger partial charge < -0.3 is 14.6 Å². The standard InChI is InChI=1S/C26H22BrCl2FN2O4/c27-17-11-21-23(22(30)12-17)26(16-1-3-18(28)4-2-16,36-15-25(7-8-25)35-10-9-33)32(24(21)34)14-20-6-5-19(29)13-31-20/h1-6,11-13,33H,7-10,14-15H2. The number of hydrogen-bond donors (Lipinski definition) is 1. The van der Waals surface area contributed by atoms with E-state index in [4.69, 9.17) is 32.7 Å². The fraction of sp³-hybridized carbons (Fsp3) is 0.308. The van der Waals surface area contributed by atoms with Crippen LogP contribution in [0, 0.1) is 5.82 Å². The molecule has 10 heteroatoms. The third kappa shape index (κ3) is 4.66. The predicted molar refractivity (Wildman–Crippen MR) is 136 cm³/mol. The molecule has 0 spiro atoms. The number of pyridine rings is 1. The minimum Gasteiger partial charge on any atom is -0.394 e. The first-order chi connectivity index (χ1) is 17.3. The first kappa shape index (κ1) is 25.6. The Balaban J connectivity index is 1.67. The second-order valence-electron chi connectivity index (χ2n) is 8.86. The minimum absolute atomic E-state index is 0.0366. The van der Waals surface area contributed by atoms with Crippen molar-refractivity contribution in [3.63, 3.8) is 0 Å². The van der Waals surface area contributed by atoms with Gasteiger partial charge in [-0.25, -0.2) is 4.39 Å². The Bertz CT molecular complexity index is 1290. The van der Waals surface area contributed by atoms with Crippen LogP contribution in [0.2, 0.25) is 10.0 Å². The highest BCUT2D eigenvalue weighted by Gasteiger charge is 2.56. The van der Waals surface area contributed by atoms with Crippen molar-refractivity contribution >= 4 is 45.0 Å². The molecule has 1 unspecified atom stereocenters. The first-order valence-electron chi connectivity index (χ1n) is 11.3. The van der Waals surface area contributed by atoms with Gasteiger partial charge in [0.2, 0.25) is 0 Å². The Labute approximate surface area is 226 Å². The molecule has 0 saturated heterocycles. The molecule has 36 heavy (non-hydrogen) atoms. The summed E-state index contributed by atoms with van der Waals surface area (Å²) in [6.45, 7) is 0.159. The zero-order valence-electron chi connectivity index (χ0n) is 19.0. The summed E-state index contributed by atoms with van der Waals surface area (Å²) in [5.41, 5.74) is -0.825. The number of benzene rings is 2. The highest BCUT2D eigenvalue weighted by atomic mass is 79.9. The Kier molecular flexibility index (Phi) is 7.11. The molecular formula is C26H22BrCl2FN2O4. The number of hydrogen-bond acceptors (Lipinski definition) is 5. The fourth-order valence-electron chi connectivity index (χ4n) is 4.53. The van der Waals surface area contributed by atoms with E-state index in [9.17, 15) is 9.90 Å². The normalized spacial score (nSPS) is 20.0. The number of carbonyl (C=O) groups is 1. The molecule has 2 heterocycles. The minimum atomic E-state index is -1.61. The number of carbonyl (C=O) groups excluding carboxylic acids is 1. The van der Waals surface area contributed by atoms with E-state index in [0.717, 1.165) is 12.8 Å². The highest BCUT2D eigenvalue weighted by molar-refractivity contribution is 9.10. The summed E-state index contributed by atoms with van der Waals surface area (Å²) in [4.78, 5) is 19.7. The van der Waals surface area contributed by atoms with Gasteiger partial charge in [-0.1, -0.05) is 51.3 Å². The molecule has 1 N–H and O–H groups in total. The van der Waals surface area contributed by atoms with E-state index in [1.165, 1.54) is 17.2 Å². The van der Waals surface area contributed by atoms with Crippen LogP contribution in [0.1, 0.15) is 40.0 Å². The van der Waals surface area contributed by atoms with Crippen LogP contribution < -0.4 is 0 Å². The van der Waals surface area contributed by atoms with Gasteiger partial charge in [0.25, 0.3) is 5.91 Å². The molecule has 1 saturated carbocycles. The van der Waals surface area contributed by atoms with Crippen LogP contribution in [0.25, 0.3) is 0 Å². The smallest absolute Gasteiger partial charge is 0.257 e. The van der Waals surface area contributed by atoms with Crippen molar-refractivity contribution in [3.05, 3.63) is 97.4 Å². The van der Waals surface area contributed by atoms with Crippen LogP contribution in [-0.2, 0) is 21.7 Å². The summed E-state index contributed by atoms with van der Waals surface area (Å²) < 4.78 is 28.7. The van der Waals surface area contributed by atoms with Crippen molar-refractivity contribution in [2.24, 2.45) is 0 Å². The summed E-state index contributed by atoms with van der Waals surface area (Å²) in [5.74, 6) is -0.992. The maximum Gasteiger partial charge on any atom is 0.257 e.